The number of carbonyl (C=O) groups excluding carboxylic acids is 1. The number of aliphatic carboxylic acids is 1. The maximum atomic E-state index is 12.2. The minimum absolute atomic E-state index is 0.257. The molecule has 1 rings (SSSR count). The van der Waals surface area contributed by atoms with Crippen molar-refractivity contribution in [3.8, 4) is 0 Å². The summed E-state index contributed by atoms with van der Waals surface area (Å²) < 4.78 is 0. The number of benzene rings is 1. The highest BCUT2D eigenvalue weighted by Crippen LogP contribution is 2.27. The van der Waals surface area contributed by atoms with Gasteiger partial charge >= 0.3 is 5.97 Å². The first kappa shape index (κ1) is 14.5. The molecule has 1 aromatic rings. The molecule has 1 amide bonds. The van der Waals surface area contributed by atoms with Gasteiger partial charge in [-0.05, 0) is 31.5 Å². The van der Waals surface area contributed by atoms with Crippen molar-refractivity contribution < 1.29 is 14.7 Å². The SMILES string of the molecule is CN(CC(=O)O)C(=O)C(C)(C)c1cccc(Cl)c1. The third kappa shape index (κ3) is 3.23. The molecule has 0 aliphatic heterocycles. The molecule has 0 saturated heterocycles. The molecule has 0 saturated carbocycles. The summed E-state index contributed by atoms with van der Waals surface area (Å²) in [5, 5.41) is 9.25. The Hall–Kier alpha value is -1.55. The zero-order valence-electron chi connectivity index (χ0n) is 10.6. The third-order valence-corrected chi connectivity index (χ3v) is 3.04. The first-order valence-corrected chi connectivity index (χ1v) is 5.86. The van der Waals surface area contributed by atoms with Crippen molar-refractivity contribution in [2.75, 3.05) is 13.6 Å². The van der Waals surface area contributed by atoms with E-state index in [4.69, 9.17) is 16.7 Å². The molecule has 0 atom stereocenters. The van der Waals surface area contributed by atoms with E-state index in [1.807, 2.05) is 0 Å². The number of carboxylic acid groups (broad SMARTS) is 1. The van der Waals surface area contributed by atoms with Gasteiger partial charge in [0.1, 0.15) is 6.54 Å². The van der Waals surface area contributed by atoms with Gasteiger partial charge in [0.05, 0.1) is 5.41 Å². The normalized spacial score (nSPS) is 11.1. The van der Waals surface area contributed by atoms with Crippen LogP contribution >= 0.6 is 11.6 Å². The quantitative estimate of drug-likeness (QED) is 0.911. The van der Waals surface area contributed by atoms with Gasteiger partial charge in [0.15, 0.2) is 0 Å². The molecule has 0 aliphatic carbocycles. The van der Waals surface area contributed by atoms with Crippen LogP contribution in [-0.4, -0.2) is 35.5 Å². The Balaban J connectivity index is 2.99. The van der Waals surface area contributed by atoms with Gasteiger partial charge in [-0.2, -0.15) is 0 Å². The van der Waals surface area contributed by atoms with Gasteiger partial charge in [0.25, 0.3) is 0 Å². The molecule has 1 aromatic carbocycles. The van der Waals surface area contributed by atoms with Crippen molar-refractivity contribution in [1.82, 2.24) is 4.90 Å². The van der Waals surface area contributed by atoms with E-state index in [-0.39, 0.29) is 12.5 Å². The highest BCUT2D eigenvalue weighted by Gasteiger charge is 2.33. The maximum Gasteiger partial charge on any atom is 0.323 e. The molecule has 0 aliphatic rings. The van der Waals surface area contributed by atoms with E-state index in [0.29, 0.717) is 5.02 Å². The second-order valence-electron chi connectivity index (χ2n) is 4.69. The van der Waals surface area contributed by atoms with E-state index in [1.54, 1.807) is 38.1 Å². The van der Waals surface area contributed by atoms with Crippen molar-refractivity contribution in [1.29, 1.82) is 0 Å². The van der Waals surface area contributed by atoms with E-state index in [0.717, 1.165) is 5.56 Å². The van der Waals surface area contributed by atoms with Crippen LogP contribution in [0.2, 0.25) is 5.02 Å². The van der Waals surface area contributed by atoms with Crippen molar-refractivity contribution in [2.24, 2.45) is 0 Å². The first-order chi connectivity index (χ1) is 8.25. The number of nitrogens with zero attached hydrogens (tertiary/aromatic N) is 1. The second kappa shape index (κ2) is 5.40. The van der Waals surface area contributed by atoms with Crippen LogP contribution < -0.4 is 0 Å². The Morgan fingerprint density at radius 1 is 1.39 bits per heavy atom. The molecule has 0 fully saturated rings. The van der Waals surface area contributed by atoms with Crippen molar-refractivity contribution in [3.63, 3.8) is 0 Å². The molecule has 0 aromatic heterocycles. The smallest absolute Gasteiger partial charge is 0.323 e. The third-order valence-electron chi connectivity index (χ3n) is 2.80. The van der Waals surface area contributed by atoms with Crippen LogP contribution in [0.25, 0.3) is 0 Å². The topological polar surface area (TPSA) is 57.6 Å². The van der Waals surface area contributed by atoms with Crippen LogP contribution in [0.15, 0.2) is 24.3 Å². The molecule has 0 radical (unpaired) electrons. The molecule has 0 unspecified atom stereocenters. The standard InChI is InChI=1S/C13H16ClNO3/c1-13(2,9-5-4-6-10(14)7-9)12(18)15(3)8-11(16)17/h4-7H,8H2,1-3H3,(H,16,17). The largest absolute Gasteiger partial charge is 0.480 e. The van der Waals surface area contributed by atoms with E-state index < -0.39 is 11.4 Å². The minimum Gasteiger partial charge on any atom is -0.480 e. The minimum atomic E-state index is -1.03. The Labute approximate surface area is 111 Å². The van der Waals surface area contributed by atoms with Crippen molar-refractivity contribution in [3.05, 3.63) is 34.9 Å². The number of halogens is 1. The Morgan fingerprint density at radius 2 is 2.00 bits per heavy atom. The highest BCUT2D eigenvalue weighted by atomic mass is 35.5. The van der Waals surface area contributed by atoms with Gasteiger partial charge in [0.2, 0.25) is 5.91 Å². The van der Waals surface area contributed by atoms with Gasteiger partial charge in [-0.3, -0.25) is 9.59 Å². The molecule has 18 heavy (non-hydrogen) atoms. The molecule has 5 heteroatoms. The van der Waals surface area contributed by atoms with Crippen LogP contribution in [-0.2, 0) is 15.0 Å². The van der Waals surface area contributed by atoms with E-state index in [2.05, 4.69) is 0 Å². The molecule has 4 nitrogen and oxygen atoms in total. The highest BCUT2D eigenvalue weighted by molar-refractivity contribution is 6.30. The lowest BCUT2D eigenvalue weighted by Crippen LogP contribution is -2.43. The number of carbonyl (C=O) groups is 2. The predicted octanol–water partition coefficient (Wildman–Crippen LogP) is 2.16. The zero-order valence-corrected chi connectivity index (χ0v) is 11.4. The van der Waals surface area contributed by atoms with Crippen molar-refractivity contribution in [2.45, 2.75) is 19.3 Å². The molecule has 0 spiro atoms. The molecule has 0 heterocycles. The molecular formula is C13H16ClNO3. The number of carboxylic acids is 1. The van der Waals surface area contributed by atoms with E-state index >= 15 is 0 Å². The summed E-state index contributed by atoms with van der Waals surface area (Å²) in [6.07, 6.45) is 0. The summed E-state index contributed by atoms with van der Waals surface area (Å²) in [6, 6.07) is 7.02. The summed E-state index contributed by atoms with van der Waals surface area (Å²) >= 11 is 5.90. The summed E-state index contributed by atoms with van der Waals surface area (Å²) in [4.78, 5) is 24.0. The fraction of sp³-hybridized carbons (Fsp3) is 0.385. The lowest BCUT2D eigenvalue weighted by molar-refractivity contribution is -0.145. The fourth-order valence-corrected chi connectivity index (χ4v) is 1.94. The summed E-state index contributed by atoms with van der Waals surface area (Å²) in [5.41, 5.74) is -0.0491. The number of rotatable bonds is 4. The Morgan fingerprint density at radius 3 is 2.50 bits per heavy atom. The zero-order chi connectivity index (χ0) is 13.9. The summed E-state index contributed by atoms with van der Waals surface area (Å²) in [6.45, 7) is 3.18. The first-order valence-electron chi connectivity index (χ1n) is 5.48. The van der Waals surface area contributed by atoms with Gasteiger partial charge in [-0.15, -0.1) is 0 Å². The number of amides is 1. The number of hydrogen-bond acceptors (Lipinski definition) is 2. The van der Waals surface area contributed by atoms with Gasteiger partial charge in [0, 0.05) is 12.1 Å². The number of likely N-dealkylation sites (N-methyl/N-ethyl adjacent to an activating group) is 1. The summed E-state index contributed by atoms with van der Waals surface area (Å²) in [5.74, 6) is -1.29. The van der Waals surface area contributed by atoms with Gasteiger partial charge in [-0.1, -0.05) is 23.7 Å². The lowest BCUT2D eigenvalue weighted by Gasteiger charge is -2.29. The van der Waals surface area contributed by atoms with Crippen LogP contribution in [0.4, 0.5) is 0 Å². The van der Waals surface area contributed by atoms with Crippen LogP contribution in [0, 0.1) is 0 Å². The molecule has 98 valence electrons. The second-order valence-corrected chi connectivity index (χ2v) is 5.13. The Bertz CT molecular complexity index is 471. The van der Waals surface area contributed by atoms with Crippen LogP contribution in [0.5, 0.6) is 0 Å². The van der Waals surface area contributed by atoms with Crippen LogP contribution in [0.3, 0.4) is 0 Å². The van der Waals surface area contributed by atoms with Gasteiger partial charge < -0.3 is 10.0 Å². The van der Waals surface area contributed by atoms with E-state index in [9.17, 15) is 9.59 Å². The average Bonchev–Trinajstić information content (AvgIpc) is 2.27. The van der Waals surface area contributed by atoms with E-state index in [1.165, 1.54) is 11.9 Å². The maximum absolute atomic E-state index is 12.2. The number of hydrogen-bond donors (Lipinski definition) is 1. The van der Waals surface area contributed by atoms with Gasteiger partial charge in [-0.25, -0.2) is 0 Å². The monoisotopic (exact) mass is 269 g/mol. The fourth-order valence-electron chi connectivity index (χ4n) is 1.75. The predicted molar refractivity (Wildman–Crippen MR) is 69.8 cm³/mol. The van der Waals surface area contributed by atoms with Crippen LogP contribution in [0.1, 0.15) is 19.4 Å². The average molecular weight is 270 g/mol. The Kier molecular flexibility index (Phi) is 4.35. The molecule has 0 bridgehead atoms. The summed E-state index contributed by atoms with van der Waals surface area (Å²) in [7, 11) is 1.47. The van der Waals surface area contributed by atoms with Crippen molar-refractivity contribution >= 4 is 23.5 Å². The molecular weight excluding hydrogens is 254 g/mol. The lowest BCUT2D eigenvalue weighted by atomic mass is 9.83. The molecule has 1 N–H and O–H groups in total.